The lowest BCUT2D eigenvalue weighted by molar-refractivity contribution is -0.144. The first-order chi connectivity index (χ1) is 13.1. The molecule has 2 aliphatic heterocycles. The van der Waals surface area contributed by atoms with Gasteiger partial charge in [-0.2, -0.15) is 5.10 Å². The van der Waals surface area contributed by atoms with Crippen LogP contribution < -0.4 is 4.90 Å². The van der Waals surface area contributed by atoms with Crippen molar-refractivity contribution in [3.63, 3.8) is 0 Å². The molecular formula is C20H22FN5O. The normalized spacial score (nSPS) is 21.5. The lowest BCUT2D eigenvalue weighted by Gasteiger charge is -2.40. The molecule has 4 rings (SSSR count). The monoisotopic (exact) mass is 367 g/mol. The average Bonchev–Trinajstić information content (AvgIpc) is 3.19. The second kappa shape index (κ2) is 7.06. The van der Waals surface area contributed by atoms with Gasteiger partial charge in [-0.1, -0.05) is 37.3 Å². The first-order valence-corrected chi connectivity index (χ1v) is 9.20. The van der Waals surface area contributed by atoms with E-state index in [9.17, 15) is 9.18 Å². The molecule has 3 heterocycles. The molecule has 1 fully saturated rings. The van der Waals surface area contributed by atoms with Crippen LogP contribution in [-0.4, -0.2) is 40.2 Å². The van der Waals surface area contributed by atoms with Crippen LogP contribution in [-0.2, 0) is 4.79 Å². The minimum absolute atomic E-state index is 0.0333. The van der Waals surface area contributed by atoms with Crippen molar-refractivity contribution in [2.45, 2.75) is 32.2 Å². The van der Waals surface area contributed by atoms with Gasteiger partial charge in [0.15, 0.2) is 5.82 Å². The zero-order valence-electron chi connectivity index (χ0n) is 15.3. The van der Waals surface area contributed by atoms with Gasteiger partial charge in [0.1, 0.15) is 0 Å². The van der Waals surface area contributed by atoms with Crippen molar-refractivity contribution in [2.24, 2.45) is 10.5 Å². The molecule has 0 saturated carbocycles. The summed E-state index contributed by atoms with van der Waals surface area (Å²) < 4.78 is 13.0. The van der Waals surface area contributed by atoms with Crippen molar-refractivity contribution in [1.29, 1.82) is 0 Å². The Morgan fingerprint density at radius 2 is 1.81 bits per heavy atom. The van der Waals surface area contributed by atoms with E-state index in [2.05, 4.69) is 15.1 Å². The number of piperidine rings is 1. The highest BCUT2D eigenvalue weighted by atomic mass is 19.1. The summed E-state index contributed by atoms with van der Waals surface area (Å²) in [5.74, 6) is 0.117. The van der Waals surface area contributed by atoms with Crippen LogP contribution >= 0.6 is 0 Å². The molecule has 0 N–H and O–H groups in total. The summed E-state index contributed by atoms with van der Waals surface area (Å²) in [6.07, 6.45) is 6.26. The van der Waals surface area contributed by atoms with E-state index in [0.29, 0.717) is 31.9 Å². The predicted molar refractivity (Wildman–Crippen MR) is 101 cm³/mol. The molecule has 1 unspecified atom stereocenters. The third-order valence-corrected chi connectivity index (χ3v) is 5.50. The SMILES string of the molecule is CC1(C(=O)N2N=CCC2c2ccccc2)CCN(c2ncc(F)cn2)CC1. The predicted octanol–water partition coefficient (Wildman–Crippen LogP) is 3.18. The largest absolute Gasteiger partial charge is 0.341 e. The fraction of sp³-hybridized carbons (Fsp3) is 0.400. The van der Waals surface area contributed by atoms with Crippen molar-refractivity contribution in [3.05, 3.63) is 54.1 Å². The van der Waals surface area contributed by atoms with Crippen LogP contribution in [0.4, 0.5) is 10.3 Å². The average molecular weight is 367 g/mol. The molecule has 1 aromatic carbocycles. The topological polar surface area (TPSA) is 61.7 Å². The van der Waals surface area contributed by atoms with Crippen LogP contribution in [0.25, 0.3) is 0 Å². The van der Waals surface area contributed by atoms with Crippen molar-refractivity contribution in [1.82, 2.24) is 15.0 Å². The van der Waals surface area contributed by atoms with Gasteiger partial charge < -0.3 is 4.90 Å². The molecule has 7 heteroatoms. The van der Waals surface area contributed by atoms with E-state index in [0.717, 1.165) is 12.0 Å². The highest BCUT2D eigenvalue weighted by molar-refractivity contribution is 5.85. The number of hydrogen-bond donors (Lipinski definition) is 0. The summed E-state index contributed by atoms with van der Waals surface area (Å²) >= 11 is 0. The molecule has 0 aliphatic carbocycles. The molecule has 1 saturated heterocycles. The lowest BCUT2D eigenvalue weighted by Crippen LogP contribution is -2.48. The second-order valence-corrected chi connectivity index (χ2v) is 7.36. The van der Waals surface area contributed by atoms with Gasteiger partial charge in [-0.05, 0) is 18.4 Å². The zero-order chi connectivity index (χ0) is 18.9. The van der Waals surface area contributed by atoms with E-state index < -0.39 is 11.2 Å². The Labute approximate surface area is 157 Å². The molecule has 2 aliphatic rings. The fourth-order valence-electron chi connectivity index (χ4n) is 3.72. The molecule has 27 heavy (non-hydrogen) atoms. The smallest absolute Gasteiger partial charge is 0.249 e. The maximum absolute atomic E-state index is 13.3. The van der Waals surface area contributed by atoms with Gasteiger partial charge in [0, 0.05) is 25.7 Å². The number of carbonyl (C=O) groups excluding carboxylic acids is 1. The number of benzene rings is 1. The number of carbonyl (C=O) groups is 1. The first-order valence-electron chi connectivity index (χ1n) is 9.20. The van der Waals surface area contributed by atoms with Crippen molar-refractivity contribution in [3.8, 4) is 0 Å². The zero-order valence-corrected chi connectivity index (χ0v) is 15.3. The van der Waals surface area contributed by atoms with Gasteiger partial charge >= 0.3 is 0 Å². The number of halogens is 1. The molecule has 0 bridgehead atoms. The quantitative estimate of drug-likeness (QED) is 0.836. The Hall–Kier alpha value is -2.83. The second-order valence-electron chi connectivity index (χ2n) is 7.36. The lowest BCUT2D eigenvalue weighted by atomic mass is 9.79. The van der Waals surface area contributed by atoms with Gasteiger partial charge in [-0.25, -0.2) is 19.4 Å². The Morgan fingerprint density at radius 1 is 1.15 bits per heavy atom. The van der Waals surface area contributed by atoms with Gasteiger partial charge in [0.2, 0.25) is 11.9 Å². The van der Waals surface area contributed by atoms with Crippen LogP contribution in [0.1, 0.15) is 37.8 Å². The first kappa shape index (κ1) is 17.6. The fourth-order valence-corrected chi connectivity index (χ4v) is 3.72. The number of nitrogens with zero attached hydrogens (tertiary/aromatic N) is 5. The Bertz CT molecular complexity index is 831. The molecule has 140 valence electrons. The van der Waals surface area contributed by atoms with E-state index >= 15 is 0 Å². The summed E-state index contributed by atoms with van der Waals surface area (Å²) in [5, 5.41) is 6.03. The minimum atomic E-state index is -0.481. The van der Waals surface area contributed by atoms with Crippen molar-refractivity contribution >= 4 is 18.1 Å². The van der Waals surface area contributed by atoms with Crippen LogP contribution in [0.2, 0.25) is 0 Å². The third kappa shape index (κ3) is 3.41. The van der Waals surface area contributed by atoms with E-state index in [1.807, 2.05) is 48.4 Å². The summed E-state index contributed by atoms with van der Waals surface area (Å²) in [6, 6.07) is 9.99. The molecule has 0 radical (unpaired) electrons. The van der Waals surface area contributed by atoms with Crippen LogP contribution in [0.3, 0.4) is 0 Å². The highest BCUT2D eigenvalue weighted by Gasteiger charge is 2.43. The van der Waals surface area contributed by atoms with Gasteiger partial charge in [0.25, 0.3) is 0 Å². The van der Waals surface area contributed by atoms with Gasteiger partial charge in [-0.15, -0.1) is 0 Å². The van der Waals surface area contributed by atoms with E-state index in [1.54, 1.807) is 5.01 Å². The van der Waals surface area contributed by atoms with Crippen LogP contribution in [0.15, 0.2) is 47.8 Å². The maximum atomic E-state index is 13.3. The van der Waals surface area contributed by atoms with Gasteiger partial charge in [-0.3, -0.25) is 4.79 Å². The molecule has 0 spiro atoms. The summed E-state index contributed by atoms with van der Waals surface area (Å²) in [5.41, 5.74) is 0.620. The van der Waals surface area contributed by atoms with E-state index in [-0.39, 0.29) is 11.9 Å². The standard InChI is InChI=1S/C20H22FN5O/c1-20(8-11-25(12-9-20)19-22-13-16(21)14-23-19)18(27)26-17(7-10-24-26)15-5-3-2-4-6-15/h2-6,10,13-14,17H,7-9,11-12H2,1H3. The van der Waals surface area contributed by atoms with Crippen LogP contribution in [0.5, 0.6) is 0 Å². The highest BCUT2D eigenvalue weighted by Crippen LogP contribution is 2.38. The molecule has 1 atom stereocenters. The van der Waals surface area contributed by atoms with E-state index in [4.69, 9.17) is 0 Å². The van der Waals surface area contributed by atoms with Crippen LogP contribution in [0, 0.1) is 11.2 Å². The van der Waals surface area contributed by atoms with E-state index in [1.165, 1.54) is 12.4 Å². The maximum Gasteiger partial charge on any atom is 0.249 e. The summed E-state index contributed by atoms with van der Waals surface area (Å²) in [7, 11) is 0. The number of anilines is 1. The Balaban J connectivity index is 1.46. The minimum Gasteiger partial charge on any atom is -0.341 e. The third-order valence-electron chi connectivity index (χ3n) is 5.50. The Morgan fingerprint density at radius 3 is 2.48 bits per heavy atom. The number of amides is 1. The number of aromatic nitrogens is 2. The molecule has 6 nitrogen and oxygen atoms in total. The molecule has 1 aromatic heterocycles. The summed E-state index contributed by atoms with van der Waals surface area (Å²) in [6.45, 7) is 3.32. The van der Waals surface area contributed by atoms with Crippen molar-refractivity contribution in [2.75, 3.05) is 18.0 Å². The molecular weight excluding hydrogens is 345 g/mol. The molecule has 1 amide bonds. The molecule has 2 aromatic rings. The number of hydrazone groups is 1. The van der Waals surface area contributed by atoms with Gasteiger partial charge in [0.05, 0.1) is 23.9 Å². The van der Waals surface area contributed by atoms with Crippen molar-refractivity contribution < 1.29 is 9.18 Å². The Kier molecular flexibility index (Phi) is 4.59. The number of rotatable bonds is 3. The number of hydrogen-bond acceptors (Lipinski definition) is 5. The summed E-state index contributed by atoms with van der Waals surface area (Å²) in [4.78, 5) is 23.4.